The standard InChI is InChI=1S/C39H63NO7.C2H4O2/c1-22(2)24(5)34(7)15-16-36(9)26-13-14-29-35(8)19-45-21-39(29,27(26)17-30(42)38(36,11)31(34)33(43)44)18-28(47-25(6)41)32(35)46-20-37(10,40-12)23(3)4;1-2(3)4/h17,22-24,26,28-29,31-32,40H,13-16,18-21H2,1-12H3,(H,43,44);1H3,(H,3,4)/t24-,26+,28-,29+,31-,32+,34-,35-,36-,37-,38+,39+;/m1./s1. The van der Waals surface area contributed by atoms with Gasteiger partial charge in [0.25, 0.3) is 5.97 Å². The van der Waals surface area contributed by atoms with Gasteiger partial charge in [0, 0.05) is 35.6 Å². The fourth-order valence-corrected chi connectivity index (χ4v) is 11.8. The SMILES string of the molecule is CC(=O)O.CN[C@](C)(CO[C@H]1[C@H](OC(C)=O)C[C@@]23COC[C@]1(C)[C@@H]2CC[C@H]1C3=CC(=O)[C@@]2(C)[C@H](C(=O)O)[C@@](C)([C@H](C)C(C)C)CC[C@]12C)C(C)C. The van der Waals surface area contributed by atoms with Gasteiger partial charge < -0.3 is 29.7 Å². The van der Waals surface area contributed by atoms with Gasteiger partial charge in [-0.15, -0.1) is 0 Å². The maximum Gasteiger partial charge on any atom is 0.308 e. The maximum atomic E-state index is 14.9. The van der Waals surface area contributed by atoms with Crippen molar-refractivity contribution < 1.29 is 43.6 Å². The van der Waals surface area contributed by atoms with Crippen molar-refractivity contribution in [3.8, 4) is 0 Å². The van der Waals surface area contributed by atoms with Gasteiger partial charge in [0.1, 0.15) is 12.2 Å². The van der Waals surface area contributed by atoms with Crippen molar-refractivity contribution >= 4 is 23.7 Å². The van der Waals surface area contributed by atoms with E-state index < -0.39 is 51.0 Å². The third kappa shape index (κ3) is 6.41. The molecule has 4 fully saturated rings. The molecule has 10 heteroatoms. The lowest BCUT2D eigenvalue weighted by molar-refractivity contribution is -0.268. The van der Waals surface area contributed by atoms with Gasteiger partial charge in [-0.05, 0) is 92.6 Å². The zero-order chi connectivity index (χ0) is 38.7. The first-order chi connectivity index (χ1) is 23.4. The van der Waals surface area contributed by atoms with E-state index in [0.29, 0.717) is 38.1 Å². The summed E-state index contributed by atoms with van der Waals surface area (Å²) in [6.07, 6.45) is 4.92. The van der Waals surface area contributed by atoms with Gasteiger partial charge in [-0.25, -0.2) is 0 Å². The van der Waals surface area contributed by atoms with Crippen LogP contribution in [-0.2, 0) is 33.4 Å². The van der Waals surface area contributed by atoms with Gasteiger partial charge >= 0.3 is 11.9 Å². The fraction of sp³-hybridized carbons (Fsp3) is 0.854. The van der Waals surface area contributed by atoms with Gasteiger partial charge in [0.05, 0.1) is 25.7 Å². The molecule has 3 N–H and O–H groups in total. The van der Waals surface area contributed by atoms with Crippen LogP contribution in [0.4, 0.5) is 0 Å². The lowest BCUT2D eigenvalue weighted by Crippen LogP contribution is -2.71. The van der Waals surface area contributed by atoms with Crippen LogP contribution in [0.25, 0.3) is 0 Å². The molecule has 4 aliphatic carbocycles. The first-order valence-corrected chi connectivity index (χ1v) is 19.2. The number of carboxylic acids is 2. The molecule has 10 nitrogen and oxygen atoms in total. The maximum absolute atomic E-state index is 14.9. The average molecular weight is 718 g/mol. The molecular formula is C41H67NO9. The van der Waals surface area contributed by atoms with Gasteiger partial charge in [-0.1, -0.05) is 67.9 Å². The highest BCUT2D eigenvalue weighted by Crippen LogP contribution is 2.74. The van der Waals surface area contributed by atoms with Crippen LogP contribution in [0, 0.1) is 62.6 Å². The van der Waals surface area contributed by atoms with Crippen molar-refractivity contribution in [2.24, 2.45) is 62.6 Å². The Morgan fingerprint density at radius 2 is 1.63 bits per heavy atom. The summed E-state index contributed by atoms with van der Waals surface area (Å²) in [5.74, 6) is -1.91. The Bertz CT molecular complexity index is 1400. The third-order valence-corrected chi connectivity index (χ3v) is 15.7. The van der Waals surface area contributed by atoms with Crippen molar-refractivity contribution in [1.82, 2.24) is 5.32 Å². The second-order valence-corrected chi connectivity index (χ2v) is 18.7. The number of allylic oxidation sites excluding steroid dienone is 1. The molecule has 12 atom stereocenters. The van der Waals surface area contributed by atoms with Gasteiger partial charge in [0.2, 0.25) is 0 Å². The minimum atomic E-state index is -1.05. The molecule has 0 aromatic heterocycles. The van der Waals surface area contributed by atoms with Crippen molar-refractivity contribution in [3.63, 3.8) is 0 Å². The second kappa shape index (κ2) is 14.2. The summed E-state index contributed by atoms with van der Waals surface area (Å²) >= 11 is 0. The smallest absolute Gasteiger partial charge is 0.308 e. The van der Waals surface area contributed by atoms with Crippen molar-refractivity contribution in [2.75, 3.05) is 26.9 Å². The largest absolute Gasteiger partial charge is 0.481 e. The van der Waals surface area contributed by atoms with Crippen LogP contribution in [0.15, 0.2) is 11.6 Å². The van der Waals surface area contributed by atoms with E-state index in [1.165, 1.54) is 6.92 Å². The minimum absolute atomic E-state index is 0.0390. The quantitative estimate of drug-likeness (QED) is 0.218. The summed E-state index contributed by atoms with van der Waals surface area (Å²) in [5.41, 5.74) is -2.19. The van der Waals surface area contributed by atoms with E-state index in [0.717, 1.165) is 38.2 Å². The molecule has 0 aromatic carbocycles. The zero-order valence-corrected chi connectivity index (χ0v) is 33.6. The monoisotopic (exact) mass is 717 g/mol. The number of ether oxygens (including phenoxy) is 3. The number of aliphatic carboxylic acids is 2. The lowest BCUT2D eigenvalue weighted by atomic mass is 9.34. The van der Waals surface area contributed by atoms with Crippen LogP contribution in [-0.4, -0.2) is 78.5 Å². The Hall–Kier alpha value is -2.30. The number of carbonyl (C=O) groups is 4. The number of ketones is 1. The van der Waals surface area contributed by atoms with E-state index >= 15 is 0 Å². The molecule has 3 saturated carbocycles. The Morgan fingerprint density at radius 3 is 2.14 bits per heavy atom. The van der Waals surface area contributed by atoms with Crippen LogP contribution in [0.3, 0.4) is 0 Å². The van der Waals surface area contributed by atoms with Gasteiger partial charge in [0.15, 0.2) is 5.78 Å². The van der Waals surface area contributed by atoms with Crippen LogP contribution in [0.2, 0.25) is 0 Å². The third-order valence-electron chi connectivity index (χ3n) is 15.7. The molecule has 1 heterocycles. The number of hydrogen-bond acceptors (Lipinski definition) is 8. The Morgan fingerprint density at radius 1 is 1.02 bits per heavy atom. The normalized spacial score (nSPS) is 41.8. The molecule has 0 radical (unpaired) electrons. The molecule has 1 aliphatic heterocycles. The predicted octanol–water partition coefficient (Wildman–Crippen LogP) is 6.80. The molecule has 0 unspecified atom stereocenters. The molecule has 5 aliphatic rings. The number of carboxylic acid groups (broad SMARTS) is 2. The van der Waals surface area contributed by atoms with Crippen LogP contribution in [0.1, 0.15) is 115 Å². The number of rotatable bonds is 9. The molecule has 0 spiro atoms. The van der Waals surface area contributed by atoms with Crippen LogP contribution in [0.5, 0.6) is 0 Å². The van der Waals surface area contributed by atoms with E-state index in [9.17, 15) is 19.5 Å². The molecule has 290 valence electrons. The molecule has 1 saturated heterocycles. The topological polar surface area (TPSA) is 148 Å². The van der Waals surface area contributed by atoms with E-state index in [1.54, 1.807) is 0 Å². The van der Waals surface area contributed by atoms with E-state index in [2.05, 4.69) is 67.6 Å². The van der Waals surface area contributed by atoms with E-state index in [-0.39, 0.29) is 41.1 Å². The van der Waals surface area contributed by atoms with Crippen LogP contribution < -0.4 is 5.32 Å². The number of likely N-dealkylation sites (N-methyl/N-ethyl adjacent to an activating group) is 1. The highest BCUT2D eigenvalue weighted by molar-refractivity contribution is 6.00. The Balaban J connectivity index is 0.00000138. The number of hydrogen-bond donors (Lipinski definition) is 3. The number of carbonyl (C=O) groups excluding carboxylic acids is 2. The molecule has 0 amide bonds. The summed E-state index contributed by atoms with van der Waals surface area (Å²) < 4.78 is 19.6. The first-order valence-electron chi connectivity index (χ1n) is 19.2. The molecule has 0 aromatic rings. The summed E-state index contributed by atoms with van der Waals surface area (Å²) in [6, 6.07) is 0. The zero-order valence-electron chi connectivity index (χ0n) is 33.6. The molecular weight excluding hydrogens is 650 g/mol. The number of esters is 1. The number of nitrogens with one attached hydrogen (secondary N) is 1. The van der Waals surface area contributed by atoms with Crippen molar-refractivity contribution in [1.29, 1.82) is 0 Å². The second-order valence-electron chi connectivity index (χ2n) is 18.7. The molecule has 51 heavy (non-hydrogen) atoms. The van der Waals surface area contributed by atoms with E-state index in [4.69, 9.17) is 24.1 Å². The summed E-state index contributed by atoms with van der Waals surface area (Å²) in [6.45, 7) is 25.5. The summed E-state index contributed by atoms with van der Waals surface area (Å²) in [5, 5.41) is 21.8. The van der Waals surface area contributed by atoms with Crippen molar-refractivity contribution in [2.45, 2.75) is 133 Å². The Labute approximate surface area is 306 Å². The van der Waals surface area contributed by atoms with Gasteiger partial charge in [-0.2, -0.15) is 0 Å². The number of fused-ring (bicyclic) bond motifs is 3. The van der Waals surface area contributed by atoms with Crippen molar-refractivity contribution in [3.05, 3.63) is 11.6 Å². The summed E-state index contributed by atoms with van der Waals surface area (Å²) in [7, 11) is 1.96. The highest BCUT2D eigenvalue weighted by Gasteiger charge is 2.74. The summed E-state index contributed by atoms with van der Waals surface area (Å²) in [4.78, 5) is 49.9. The fourth-order valence-electron chi connectivity index (χ4n) is 11.8. The minimum Gasteiger partial charge on any atom is -0.481 e. The first kappa shape index (κ1) is 41.5. The highest BCUT2D eigenvalue weighted by atomic mass is 16.6. The molecule has 5 rings (SSSR count). The average Bonchev–Trinajstić information content (AvgIpc) is 3.01. The lowest BCUT2D eigenvalue weighted by Gasteiger charge is -2.70. The van der Waals surface area contributed by atoms with Crippen LogP contribution >= 0.6 is 0 Å². The molecule has 2 bridgehead atoms. The van der Waals surface area contributed by atoms with E-state index in [1.807, 2.05) is 20.0 Å². The van der Waals surface area contributed by atoms with Gasteiger partial charge in [-0.3, -0.25) is 19.2 Å². The Kier molecular flexibility index (Phi) is 11.5. The predicted molar refractivity (Wildman–Crippen MR) is 195 cm³/mol.